The number of methoxy groups -OCH3 is 1. The van der Waals surface area contributed by atoms with Crippen molar-refractivity contribution in [1.29, 1.82) is 0 Å². The summed E-state index contributed by atoms with van der Waals surface area (Å²) >= 11 is 12.1. The molecule has 0 heterocycles. The van der Waals surface area contributed by atoms with Crippen molar-refractivity contribution in [2.24, 2.45) is 5.41 Å². The zero-order valence-electron chi connectivity index (χ0n) is 11.2. The molecule has 0 saturated carbocycles. The molecule has 102 valence electrons. The van der Waals surface area contributed by atoms with Crippen molar-refractivity contribution in [3.63, 3.8) is 0 Å². The minimum Gasteiger partial charge on any atom is -0.385 e. The highest BCUT2D eigenvalue weighted by molar-refractivity contribution is 6.42. The van der Waals surface area contributed by atoms with E-state index in [-0.39, 0.29) is 5.41 Å². The molecule has 0 atom stereocenters. The second-order valence-electron chi connectivity index (χ2n) is 5.22. The number of ether oxygens (including phenoxy) is 1. The SMILES string of the molecule is COCCC(C)(C)CNCc1cccc(Cl)c1Cl. The average molecular weight is 290 g/mol. The van der Waals surface area contributed by atoms with Gasteiger partial charge in [0.15, 0.2) is 0 Å². The van der Waals surface area contributed by atoms with Gasteiger partial charge in [-0.05, 0) is 23.5 Å². The Hall–Kier alpha value is -0.280. The maximum Gasteiger partial charge on any atom is 0.0637 e. The Labute approximate surface area is 120 Å². The summed E-state index contributed by atoms with van der Waals surface area (Å²) in [5, 5.41) is 4.67. The lowest BCUT2D eigenvalue weighted by Crippen LogP contribution is -2.30. The van der Waals surface area contributed by atoms with Crippen molar-refractivity contribution < 1.29 is 4.74 Å². The highest BCUT2D eigenvalue weighted by Gasteiger charge is 2.17. The number of hydrogen-bond donors (Lipinski definition) is 1. The number of benzene rings is 1. The molecule has 0 amide bonds. The Balaban J connectivity index is 2.44. The Morgan fingerprint density at radius 2 is 2.00 bits per heavy atom. The van der Waals surface area contributed by atoms with Gasteiger partial charge in [0.05, 0.1) is 10.0 Å². The molecule has 0 aliphatic carbocycles. The van der Waals surface area contributed by atoms with Crippen LogP contribution in [0.25, 0.3) is 0 Å². The zero-order valence-corrected chi connectivity index (χ0v) is 12.7. The van der Waals surface area contributed by atoms with Crippen LogP contribution in [0.4, 0.5) is 0 Å². The third kappa shape index (κ3) is 5.15. The molecule has 1 aromatic carbocycles. The molecule has 4 heteroatoms. The van der Waals surface area contributed by atoms with Crippen molar-refractivity contribution in [3.05, 3.63) is 33.8 Å². The summed E-state index contributed by atoms with van der Waals surface area (Å²) in [5.41, 5.74) is 1.24. The summed E-state index contributed by atoms with van der Waals surface area (Å²) in [6.07, 6.45) is 1.03. The molecule has 18 heavy (non-hydrogen) atoms. The molecule has 0 aliphatic heterocycles. The first kappa shape index (κ1) is 15.8. The maximum atomic E-state index is 6.13. The first-order chi connectivity index (χ1) is 8.46. The van der Waals surface area contributed by atoms with Gasteiger partial charge in [0.2, 0.25) is 0 Å². The predicted molar refractivity (Wildman–Crippen MR) is 78.4 cm³/mol. The van der Waals surface area contributed by atoms with Crippen molar-refractivity contribution >= 4 is 23.2 Å². The normalized spacial score (nSPS) is 11.8. The van der Waals surface area contributed by atoms with E-state index < -0.39 is 0 Å². The van der Waals surface area contributed by atoms with Gasteiger partial charge in [0.1, 0.15) is 0 Å². The fraction of sp³-hybridized carbons (Fsp3) is 0.571. The molecule has 0 radical (unpaired) electrons. The lowest BCUT2D eigenvalue weighted by atomic mass is 9.89. The highest BCUT2D eigenvalue weighted by atomic mass is 35.5. The molecule has 0 spiro atoms. The summed E-state index contributed by atoms with van der Waals surface area (Å²) in [6, 6.07) is 5.71. The van der Waals surface area contributed by atoms with Gasteiger partial charge in [-0.3, -0.25) is 0 Å². The van der Waals surface area contributed by atoms with Crippen molar-refractivity contribution in [1.82, 2.24) is 5.32 Å². The van der Waals surface area contributed by atoms with E-state index in [9.17, 15) is 0 Å². The molecule has 1 aromatic rings. The van der Waals surface area contributed by atoms with E-state index >= 15 is 0 Å². The standard InChI is InChI=1S/C14H21Cl2NO/c1-14(2,7-8-18-3)10-17-9-11-5-4-6-12(15)13(11)16/h4-6,17H,7-10H2,1-3H3. The summed E-state index contributed by atoms with van der Waals surface area (Å²) < 4.78 is 5.11. The van der Waals surface area contributed by atoms with E-state index in [1.165, 1.54) is 0 Å². The van der Waals surface area contributed by atoms with Crippen LogP contribution in [0.2, 0.25) is 10.0 Å². The Kier molecular flexibility index (Phi) is 6.44. The Morgan fingerprint density at radius 1 is 1.28 bits per heavy atom. The van der Waals surface area contributed by atoms with Gasteiger partial charge in [-0.1, -0.05) is 49.2 Å². The lowest BCUT2D eigenvalue weighted by molar-refractivity contribution is 0.150. The van der Waals surface area contributed by atoms with Crippen molar-refractivity contribution in [2.75, 3.05) is 20.3 Å². The van der Waals surface area contributed by atoms with Crippen LogP contribution in [0.1, 0.15) is 25.8 Å². The van der Waals surface area contributed by atoms with Gasteiger partial charge in [-0.25, -0.2) is 0 Å². The number of hydrogen-bond acceptors (Lipinski definition) is 2. The molecule has 1 N–H and O–H groups in total. The van der Waals surface area contributed by atoms with Crippen molar-refractivity contribution in [3.8, 4) is 0 Å². The smallest absolute Gasteiger partial charge is 0.0637 e. The third-order valence-electron chi connectivity index (χ3n) is 2.93. The second kappa shape index (κ2) is 7.34. The molecule has 0 bridgehead atoms. The fourth-order valence-corrected chi connectivity index (χ4v) is 2.07. The van der Waals surface area contributed by atoms with Crippen LogP contribution in [-0.4, -0.2) is 20.3 Å². The van der Waals surface area contributed by atoms with Gasteiger partial charge in [0, 0.05) is 26.8 Å². The molecule has 1 rings (SSSR count). The summed E-state index contributed by atoms with van der Waals surface area (Å²) in [7, 11) is 1.73. The van der Waals surface area contributed by atoms with Crippen LogP contribution in [0, 0.1) is 5.41 Å². The monoisotopic (exact) mass is 289 g/mol. The summed E-state index contributed by atoms with van der Waals surface area (Å²) in [5.74, 6) is 0. The van der Waals surface area contributed by atoms with E-state index in [4.69, 9.17) is 27.9 Å². The topological polar surface area (TPSA) is 21.3 Å². The van der Waals surface area contributed by atoms with E-state index in [0.717, 1.165) is 31.7 Å². The van der Waals surface area contributed by atoms with Gasteiger partial charge in [-0.15, -0.1) is 0 Å². The molecule has 0 saturated heterocycles. The Morgan fingerprint density at radius 3 is 2.67 bits per heavy atom. The van der Waals surface area contributed by atoms with E-state index in [1.807, 2.05) is 12.1 Å². The molecule has 0 fully saturated rings. The van der Waals surface area contributed by atoms with Crippen LogP contribution >= 0.6 is 23.2 Å². The molecule has 0 aliphatic rings. The minimum absolute atomic E-state index is 0.209. The lowest BCUT2D eigenvalue weighted by Gasteiger charge is -2.24. The average Bonchev–Trinajstić information content (AvgIpc) is 2.32. The van der Waals surface area contributed by atoms with Gasteiger partial charge in [-0.2, -0.15) is 0 Å². The van der Waals surface area contributed by atoms with Crippen LogP contribution < -0.4 is 5.32 Å². The minimum atomic E-state index is 0.209. The maximum absolute atomic E-state index is 6.13. The largest absolute Gasteiger partial charge is 0.385 e. The van der Waals surface area contributed by atoms with E-state index in [0.29, 0.717) is 10.0 Å². The number of nitrogens with one attached hydrogen (secondary N) is 1. The predicted octanol–water partition coefficient (Wildman–Crippen LogP) is 4.15. The van der Waals surface area contributed by atoms with Gasteiger partial charge >= 0.3 is 0 Å². The molecule has 0 unspecified atom stereocenters. The highest BCUT2D eigenvalue weighted by Crippen LogP contribution is 2.25. The van der Waals surface area contributed by atoms with Gasteiger partial charge in [0.25, 0.3) is 0 Å². The van der Waals surface area contributed by atoms with Crippen LogP contribution in [0.5, 0.6) is 0 Å². The number of rotatable bonds is 7. The summed E-state index contributed by atoms with van der Waals surface area (Å²) in [4.78, 5) is 0. The second-order valence-corrected chi connectivity index (χ2v) is 6.01. The molecular formula is C14H21Cl2NO. The van der Waals surface area contributed by atoms with Crippen LogP contribution in [0.15, 0.2) is 18.2 Å². The molecule has 2 nitrogen and oxygen atoms in total. The van der Waals surface area contributed by atoms with E-state index in [1.54, 1.807) is 13.2 Å². The Bertz CT molecular complexity index is 380. The third-order valence-corrected chi connectivity index (χ3v) is 3.79. The van der Waals surface area contributed by atoms with Crippen molar-refractivity contribution in [2.45, 2.75) is 26.8 Å². The van der Waals surface area contributed by atoms with E-state index in [2.05, 4.69) is 19.2 Å². The fourth-order valence-electron chi connectivity index (χ4n) is 1.69. The quantitative estimate of drug-likeness (QED) is 0.814. The van der Waals surface area contributed by atoms with Crippen LogP contribution in [-0.2, 0) is 11.3 Å². The summed E-state index contributed by atoms with van der Waals surface area (Å²) in [6.45, 7) is 6.87. The first-order valence-electron chi connectivity index (χ1n) is 6.09. The van der Waals surface area contributed by atoms with Crippen LogP contribution in [0.3, 0.4) is 0 Å². The molecule has 0 aromatic heterocycles. The van der Waals surface area contributed by atoms with Gasteiger partial charge < -0.3 is 10.1 Å². The molecular weight excluding hydrogens is 269 g/mol. The zero-order chi connectivity index (χ0) is 13.6. The number of halogens is 2. The first-order valence-corrected chi connectivity index (χ1v) is 6.84.